The molecular weight excluding hydrogens is 322 g/mol. The zero-order chi connectivity index (χ0) is 15.6. The maximum atomic E-state index is 14.0. The van der Waals surface area contributed by atoms with Crippen molar-refractivity contribution < 1.29 is 13.2 Å². The highest BCUT2D eigenvalue weighted by Crippen LogP contribution is 2.31. The molecule has 0 heterocycles. The zero-order valence-corrected chi connectivity index (χ0v) is 12.6. The molecule has 0 saturated carbocycles. The minimum absolute atomic E-state index is 0.00846. The standard InChI is InChI=1S/C15H12Cl2F3N/c1-2-21-15(8-3-5-10(16)11(17)7-8)9-4-6-12(18)14(20)13(9)19/h3-7,15,21H,2H2,1H3. The summed E-state index contributed by atoms with van der Waals surface area (Å²) in [6, 6.07) is 6.25. The lowest BCUT2D eigenvalue weighted by Gasteiger charge is -2.20. The molecule has 6 heteroatoms. The Morgan fingerprint density at radius 1 is 1.00 bits per heavy atom. The lowest BCUT2D eigenvalue weighted by molar-refractivity contribution is 0.433. The third-order valence-electron chi connectivity index (χ3n) is 3.06. The molecule has 0 radical (unpaired) electrons. The van der Waals surface area contributed by atoms with E-state index in [1.165, 1.54) is 6.07 Å². The molecular formula is C15H12Cl2F3N. The Balaban J connectivity index is 2.53. The van der Waals surface area contributed by atoms with E-state index in [0.717, 1.165) is 6.07 Å². The molecule has 1 N–H and O–H groups in total. The van der Waals surface area contributed by atoms with E-state index in [9.17, 15) is 13.2 Å². The van der Waals surface area contributed by atoms with Crippen LogP contribution in [-0.2, 0) is 0 Å². The van der Waals surface area contributed by atoms with Crippen molar-refractivity contribution in [2.24, 2.45) is 0 Å². The monoisotopic (exact) mass is 333 g/mol. The highest BCUT2D eigenvalue weighted by Gasteiger charge is 2.22. The molecule has 2 rings (SSSR count). The summed E-state index contributed by atoms with van der Waals surface area (Å²) < 4.78 is 40.5. The van der Waals surface area contributed by atoms with Crippen LogP contribution in [0.25, 0.3) is 0 Å². The largest absolute Gasteiger partial charge is 0.306 e. The Hall–Kier alpha value is -1.23. The summed E-state index contributed by atoms with van der Waals surface area (Å²) in [4.78, 5) is 0. The van der Waals surface area contributed by atoms with Gasteiger partial charge in [0.15, 0.2) is 17.5 Å². The van der Waals surface area contributed by atoms with Crippen molar-refractivity contribution in [2.75, 3.05) is 6.54 Å². The molecule has 0 aliphatic heterocycles. The van der Waals surface area contributed by atoms with Gasteiger partial charge in [-0.15, -0.1) is 0 Å². The van der Waals surface area contributed by atoms with Crippen LogP contribution in [0.15, 0.2) is 30.3 Å². The normalized spacial score (nSPS) is 12.5. The average Bonchev–Trinajstić information content (AvgIpc) is 2.46. The first kappa shape index (κ1) is 16.1. The SMILES string of the molecule is CCNC(c1ccc(Cl)c(Cl)c1)c1ccc(F)c(F)c1F. The highest BCUT2D eigenvalue weighted by molar-refractivity contribution is 6.42. The van der Waals surface area contributed by atoms with Crippen LogP contribution in [0.3, 0.4) is 0 Å². The summed E-state index contributed by atoms with van der Waals surface area (Å²) in [5.74, 6) is -3.93. The van der Waals surface area contributed by atoms with Crippen molar-refractivity contribution in [3.05, 3.63) is 69.0 Å². The number of nitrogens with one attached hydrogen (secondary N) is 1. The maximum Gasteiger partial charge on any atom is 0.194 e. The summed E-state index contributed by atoms with van der Waals surface area (Å²) in [7, 11) is 0. The van der Waals surface area contributed by atoms with Crippen molar-refractivity contribution in [1.29, 1.82) is 0 Å². The summed E-state index contributed by atoms with van der Waals surface area (Å²) in [5, 5.41) is 3.69. The average molecular weight is 334 g/mol. The molecule has 112 valence electrons. The fraction of sp³-hybridized carbons (Fsp3) is 0.200. The van der Waals surface area contributed by atoms with Crippen molar-refractivity contribution in [3.63, 3.8) is 0 Å². The van der Waals surface area contributed by atoms with E-state index in [1.54, 1.807) is 18.2 Å². The van der Waals surface area contributed by atoms with Gasteiger partial charge in [-0.25, -0.2) is 13.2 Å². The zero-order valence-electron chi connectivity index (χ0n) is 11.1. The van der Waals surface area contributed by atoms with Crippen molar-refractivity contribution >= 4 is 23.2 Å². The molecule has 0 aromatic heterocycles. The van der Waals surface area contributed by atoms with Crippen LogP contribution in [0.4, 0.5) is 13.2 Å². The second kappa shape index (κ2) is 6.69. The first-order valence-electron chi connectivity index (χ1n) is 6.27. The van der Waals surface area contributed by atoms with E-state index in [1.807, 2.05) is 6.92 Å². The van der Waals surface area contributed by atoms with Crippen LogP contribution in [0.2, 0.25) is 10.0 Å². The summed E-state index contributed by atoms with van der Waals surface area (Å²) in [5.41, 5.74) is 0.616. The van der Waals surface area contributed by atoms with Gasteiger partial charge >= 0.3 is 0 Å². The van der Waals surface area contributed by atoms with Gasteiger partial charge in [0.1, 0.15) is 0 Å². The van der Waals surface area contributed by atoms with Crippen molar-refractivity contribution in [3.8, 4) is 0 Å². The number of hydrogen-bond donors (Lipinski definition) is 1. The lowest BCUT2D eigenvalue weighted by Crippen LogP contribution is -2.23. The Kier molecular flexibility index (Phi) is 5.14. The van der Waals surface area contributed by atoms with Crippen LogP contribution < -0.4 is 5.32 Å². The van der Waals surface area contributed by atoms with Gasteiger partial charge in [-0.05, 0) is 30.3 Å². The van der Waals surface area contributed by atoms with E-state index in [-0.39, 0.29) is 5.56 Å². The van der Waals surface area contributed by atoms with E-state index in [0.29, 0.717) is 22.2 Å². The second-order valence-corrected chi connectivity index (χ2v) is 5.24. The predicted molar refractivity (Wildman–Crippen MR) is 78.3 cm³/mol. The van der Waals surface area contributed by atoms with Crippen LogP contribution in [-0.4, -0.2) is 6.54 Å². The van der Waals surface area contributed by atoms with Gasteiger partial charge in [0.25, 0.3) is 0 Å². The Bertz CT molecular complexity index is 662. The molecule has 1 nitrogen and oxygen atoms in total. The topological polar surface area (TPSA) is 12.0 Å². The Morgan fingerprint density at radius 2 is 1.71 bits per heavy atom. The number of hydrogen-bond acceptors (Lipinski definition) is 1. The van der Waals surface area contributed by atoms with E-state index >= 15 is 0 Å². The Morgan fingerprint density at radius 3 is 2.33 bits per heavy atom. The fourth-order valence-electron chi connectivity index (χ4n) is 2.07. The van der Waals surface area contributed by atoms with E-state index in [2.05, 4.69) is 5.32 Å². The van der Waals surface area contributed by atoms with Crippen LogP contribution in [0, 0.1) is 17.5 Å². The van der Waals surface area contributed by atoms with E-state index < -0.39 is 23.5 Å². The van der Waals surface area contributed by atoms with Crippen LogP contribution >= 0.6 is 23.2 Å². The van der Waals surface area contributed by atoms with Crippen LogP contribution in [0.5, 0.6) is 0 Å². The second-order valence-electron chi connectivity index (χ2n) is 4.43. The third kappa shape index (κ3) is 3.34. The van der Waals surface area contributed by atoms with Crippen LogP contribution in [0.1, 0.15) is 24.1 Å². The minimum atomic E-state index is -1.49. The molecule has 1 atom stereocenters. The van der Waals surface area contributed by atoms with Gasteiger partial charge in [0.2, 0.25) is 0 Å². The van der Waals surface area contributed by atoms with Gasteiger partial charge in [0.05, 0.1) is 16.1 Å². The number of halogens is 5. The molecule has 0 fully saturated rings. The van der Waals surface area contributed by atoms with Gasteiger partial charge in [-0.3, -0.25) is 0 Å². The van der Waals surface area contributed by atoms with Gasteiger partial charge in [-0.1, -0.05) is 42.3 Å². The Labute approximate surface area is 130 Å². The third-order valence-corrected chi connectivity index (χ3v) is 3.80. The highest BCUT2D eigenvalue weighted by atomic mass is 35.5. The van der Waals surface area contributed by atoms with Gasteiger partial charge in [-0.2, -0.15) is 0 Å². The molecule has 21 heavy (non-hydrogen) atoms. The molecule has 2 aromatic carbocycles. The summed E-state index contributed by atoms with van der Waals surface area (Å²) in [6.07, 6.45) is 0. The molecule has 0 spiro atoms. The molecule has 0 aliphatic carbocycles. The molecule has 0 aliphatic rings. The van der Waals surface area contributed by atoms with Gasteiger partial charge < -0.3 is 5.32 Å². The lowest BCUT2D eigenvalue weighted by atomic mass is 9.98. The molecule has 1 unspecified atom stereocenters. The minimum Gasteiger partial charge on any atom is -0.306 e. The predicted octanol–water partition coefficient (Wildman–Crippen LogP) is 5.11. The summed E-state index contributed by atoms with van der Waals surface area (Å²) in [6.45, 7) is 2.33. The van der Waals surface area contributed by atoms with Crippen molar-refractivity contribution in [2.45, 2.75) is 13.0 Å². The number of rotatable bonds is 4. The fourth-order valence-corrected chi connectivity index (χ4v) is 2.37. The smallest absolute Gasteiger partial charge is 0.194 e. The molecule has 0 bridgehead atoms. The maximum absolute atomic E-state index is 14.0. The van der Waals surface area contributed by atoms with Crippen molar-refractivity contribution in [1.82, 2.24) is 5.32 Å². The van der Waals surface area contributed by atoms with Gasteiger partial charge in [0, 0.05) is 5.56 Å². The number of benzene rings is 2. The summed E-state index contributed by atoms with van der Waals surface area (Å²) >= 11 is 11.8. The quantitative estimate of drug-likeness (QED) is 0.766. The first-order chi connectivity index (χ1) is 9.95. The van der Waals surface area contributed by atoms with E-state index in [4.69, 9.17) is 23.2 Å². The first-order valence-corrected chi connectivity index (χ1v) is 7.03. The molecule has 0 amide bonds. The molecule has 2 aromatic rings. The molecule has 0 saturated heterocycles.